The van der Waals surface area contributed by atoms with E-state index in [2.05, 4.69) is 9.97 Å². The predicted molar refractivity (Wildman–Crippen MR) is 209 cm³/mol. The minimum Gasteiger partial charge on any atom is -0.332 e. The van der Waals surface area contributed by atoms with Crippen LogP contribution >= 0.6 is 0 Å². The summed E-state index contributed by atoms with van der Waals surface area (Å²) in [5, 5.41) is 0. The summed E-state index contributed by atoms with van der Waals surface area (Å²) in [6.07, 6.45) is 8.52. The summed E-state index contributed by atoms with van der Waals surface area (Å²) in [6, 6.07) is 0. The Hall–Kier alpha value is -6.07. The van der Waals surface area contributed by atoms with E-state index in [9.17, 15) is 38.4 Å². The molecule has 2 N–H and O–H groups in total. The van der Waals surface area contributed by atoms with Gasteiger partial charge < -0.3 is 9.97 Å². The van der Waals surface area contributed by atoms with Crippen LogP contribution in [0.15, 0.2) is 24.3 Å². The first-order valence-corrected chi connectivity index (χ1v) is 19.9. The van der Waals surface area contributed by atoms with Gasteiger partial charge >= 0.3 is 23.1 Å². The zero-order valence-electron chi connectivity index (χ0n) is 33.1. The van der Waals surface area contributed by atoms with Crippen molar-refractivity contribution < 1.29 is 48.3 Å². The van der Waals surface area contributed by atoms with Crippen LogP contribution in [0.3, 0.4) is 0 Å². The third-order valence-electron chi connectivity index (χ3n) is 12.6. The van der Waals surface area contributed by atoms with Gasteiger partial charge in [0.15, 0.2) is 16.9 Å². The molecule has 0 spiro atoms. The molecule has 13 rings (SSSR count). The van der Waals surface area contributed by atoms with Crippen LogP contribution in [0.25, 0.3) is 45.4 Å². The number of nitrogens with zero attached hydrogens (tertiary/aromatic N) is 6. The standard InChI is InChI=1S/C39H20N8O8.2C2H6.Mg/c1-9-2-3-10(26(49)25(9)48)13-8-18-40-33(13)42-35-19-11-4-5-12(28(51)27(11)50)20(19)36(44-35)45-38-23-16-7-17(32(55)31(16)54)24(23)39(47-38)46-37-22-15-6-14(29(52)30(15)53)21(22)34(41-18)43-37;2*1-2;/h2-5,8-12,14-17H,6-7H2,1H3;2*1-2H3;/q-2;;;+2/p+2. The molecule has 2 aliphatic heterocycles. The van der Waals surface area contributed by atoms with Gasteiger partial charge in [0.2, 0.25) is 46.3 Å². The van der Waals surface area contributed by atoms with Crippen molar-refractivity contribution in [1.29, 1.82) is 0 Å². The van der Waals surface area contributed by atoms with Crippen molar-refractivity contribution in [2.75, 3.05) is 0 Å². The first kappa shape index (κ1) is 39.4. The number of aromatic nitrogens is 8. The molecule has 294 valence electrons. The fourth-order valence-corrected chi connectivity index (χ4v) is 10.0. The SMILES string of the molecule is CC.CC.CC1C=CC(C2=Cc3nc4[n-]c(nc5[nH+]c(nc6[n-]c(nc2[nH+]3)c2c6C3C=CC2C(=O)C3=O)C2=C5C3CC2C(=O)C3=O)c2c4C3CC2C(=O)C3=O)C(=O)C1=O.[Mg+2]. The van der Waals surface area contributed by atoms with Crippen LogP contribution in [0.4, 0.5) is 0 Å². The summed E-state index contributed by atoms with van der Waals surface area (Å²) >= 11 is 0. The summed E-state index contributed by atoms with van der Waals surface area (Å²) in [6.45, 7) is 9.63. The second-order valence-corrected chi connectivity index (χ2v) is 15.3. The van der Waals surface area contributed by atoms with Crippen molar-refractivity contribution in [3.05, 3.63) is 69.9 Å². The van der Waals surface area contributed by atoms with E-state index in [0.717, 1.165) is 0 Å². The summed E-state index contributed by atoms with van der Waals surface area (Å²) in [5.74, 6) is -10.9. The van der Waals surface area contributed by atoms with E-state index in [1.54, 1.807) is 37.3 Å². The van der Waals surface area contributed by atoms with Crippen LogP contribution in [0, 0.1) is 23.7 Å². The average Bonchev–Trinajstić information content (AvgIpc) is 4.12. The number of carbonyl (C=O) groups is 8. The second kappa shape index (κ2) is 13.7. The number of allylic oxidation sites excluding steroid dienone is 7. The van der Waals surface area contributed by atoms with E-state index in [4.69, 9.17) is 29.9 Å². The van der Waals surface area contributed by atoms with E-state index in [-0.39, 0.29) is 87.4 Å². The minimum absolute atomic E-state index is 0. The van der Waals surface area contributed by atoms with Gasteiger partial charge in [-0.3, -0.25) is 48.3 Å². The van der Waals surface area contributed by atoms with Crippen LogP contribution in [0.1, 0.15) is 117 Å². The van der Waals surface area contributed by atoms with Crippen molar-refractivity contribution in [3.63, 3.8) is 0 Å². The molecule has 8 aliphatic carbocycles. The van der Waals surface area contributed by atoms with Crippen molar-refractivity contribution in [2.45, 2.75) is 71.1 Å². The monoisotopic (exact) mass is 814 g/mol. The molecule has 2 fully saturated rings. The Morgan fingerprint density at radius 3 is 1.43 bits per heavy atom. The van der Waals surface area contributed by atoms with Gasteiger partial charge in [0.1, 0.15) is 5.82 Å². The van der Waals surface area contributed by atoms with Crippen molar-refractivity contribution >= 4 is 115 Å². The number of carbonyl (C=O) groups excluding carboxylic acids is 8. The predicted octanol–water partition coefficient (Wildman–Crippen LogP) is 1.47. The number of rotatable bonds is 1. The number of Topliss-reactive ketones (excluding diaryl/α,β-unsaturated/α-hetero) is 8. The molecule has 2 saturated carbocycles. The molecule has 0 aromatic carbocycles. The van der Waals surface area contributed by atoms with E-state index >= 15 is 0 Å². The first-order valence-electron chi connectivity index (χ1n) is 19.9. The number of nitrogens with one attached hydrogen (secondary N) is 2. The van der Waals surface area contributed by atoms with Gasteiger partial charge in [0.05, 0.1) is 41.4 Å². The molecule has 5 heterocycles. The Labute approximate surface area is 356 Å². The quantitative estimate of drug-likeness (QED) is 0.192. The van der Waals surface area contributed by atoms with E-state index < -0.39 is 93.6 Å². The Balaban J connectivity index is 0.000000900. The van der Waals surface area contributed by atoms with Crippen LogP contribution in [0.2, 0.25) is 0 Å². The smallest absolute Gasteiger partial charge is 0.332 e. The second-order valence-electron chi connectivity index (χ2n) is 15.3. The largest absolute Gasteiger partial charge is 2.00 e. The molecule has 10 aliphatic rings. The third kappa shape index (κ3) is 5.01. The maximum Gasteiger partial charge on any atom is 2.00 e. The van der Waals surface area contributed by atoms with Gasteiger partial charge in [-0.15, -0.1) is 4.98 Å². The molecular weight excluding hydrogens is 781 g/mol. The number of hydrogen-bond donors (Lipinski definition) is 0. The maximum atomic E-state index is 13.5. The van der Waals surface area contributed by atoms with Gasteiger partial charge in [-0.25, -0.2) is 4.98 Å². The third-order valence-corrected chi connectivity index (χ3v) is 12.6. The maximum absolute atomic E-state index is 13.5. The minimum atomic E-state index is -1.05. The molecule has 16 nitrogen and oxygen atoms in total. The fraction of sp³-hybridized carbons (Fsp3) is 0.349. The average molecular weight is 815 g/mol. The molecule has 8 atom stereocenters. The number of aromatic amines is 2. The Morgan fingerprint density at radius 1 is 0.483 bits per heavy atom. The zero-order valence-corrected chi connectivity index (χ0v) is 34.5. The van der Waals surface area contributed by atoms with E-state index in [0.29, 0.717) is 33.4 Å². The topological polar surface area (TPSA) is 245 Å². The van der Waals surface area contributed by atoms with Crippen LogP contribution < -0.4 is 19.9 Å². The summed E-state index contributed by atoms with van der Waals surface area (Å²) in [7, 11) is 0. The Morgan fingerprint density at radius 2 is 0.900 bits per heavy atom. The van der Waals surface area contributed by atoms with Gasteiger partial charge in [0.25, 0.3) is 17.5 Å². The molecule has 0 amide bonds. The van der Waals surface area contributed by atoms with E-state index in [1.807, 2.05) is 27.7 Å². The van der Waals surface area contributed by atoms with Gasteiger partial charge in [-0.2, -0.15) is 0 Å². The molecular formula is C43H34MgN8O8+2. The van der Waals surface area contributed by atoms with Gasteiger partial charge in [-0.05, 0) is 18.4 Å². The molecule has 3 aromatic rings. The number of H-pyrrole nitrogens is 2. The zero-order chi connectivity index (χ0) is 41.5. The van der Waals surface area contributed by atoms with Crippen LogP contribution in [0.5, 0.6) is 0 Å². The Bertz CT molecular complexity index is 2970. The van der Waals surface area contributed by atoms with E-state index in [1.165, 1.54) is 0 Å². The van der Waals surface area contributed by atoms with Crippen LogP contribution in [-0.2, 0) is 38.4 Å². The van der Waals surface area contributed by atoms with Crippen molar-refractivity contribution in [1.82, 2.24) is 29.9 Å². The van der Waals surface area contributed by atoms with Gasteiger partial charge in [0, 0.05) is 51.1 Å². The van der Waals surface area contributed by atoms with Crippen molar-refractivity contribution in [3.8, 4) is 0 Å². The molecule has 0 saturated heterocycles. The number of fused-ring (bicyclic) bond motifs is 22. The summed E-state index contributed by atoms with van der Waals surface area (Å²) < 4.78 is 0. The molecule has 17 heteroatoms. The molecule has 60 heavy (non-hydrogen) atoms. The summed E-state index contributed by atoms with van der Waals surface area (Å²) in [5.41, 5.74) is 3.18. The fourth-order valence-electron chi connectivity index (χ4n) is 10.0. The molecule has 0 radical (unpaired) electrons. The normalized spacial score (nSPS) is 28.3. The number of ketones is 8. The first-order chi connectivity index (χ1) is 28.5. The van der Waals surface area contributed by atoms with Crippen LogP contribution in [-0.4, -0.2) is 89.3 Å². The van der Waals surface area contributed by atoms with Gasteiger partial charge in [-0.1, -0.05) is 68.9 Å². The van der Waals surface area contributed by atoms with Crippen molar-refractivity contribution in [2.24, 2.45) is 23.7 Å². The molecule has 3 aromatic heterocycles. The summed E-state index contributed by atoms with van der Waals surface area (Å²) in [4.78, 5) is 141. The molecule has 14 bridgehead atoms. The molecule has 8 unspecified atom stereocenters. The Kier molecular flexibility index (Phi) is 9.02. The number of hydrogen-bond acceptors (Lipinski definition) is 12.